The van der Waals surface area contributed by atoms with E-state index in [1.165, 1.54) is 0 Å². The van der Waals surface area contributed by atoms with Crippen LogP contribution in [0.1, 0.15) is 29.5 Å². The summed E-state index contributed by atoms with van der Waals surface area (Å²) in [5, 5.41) is 6.50. The molecule has 2 heterocycles. The van der Waals surface area contributed by atoms with Crippen LogP contribution in [-0.2, 0) is 4.74 Å². The van der Waals surface area contributed by atoms with Gasteiger partial charge in [0.05, 0.1) is 6.61 Å². The second kappa shape index (κ2) is 5.20. The minimum absolute atomic E-state index is 0.00990. The van der Waals surface area contributed by atoms with E-state index in [2.05, 4.69) is 15.2 Å². The summed E-state index contributed by atoms with van der Waals surface area (Å²) >= 11 is 0. The first-order valence-electron chi connectivity index (χ1n) is 6.26. The van der Waals surface area contributed by atoms with E-state index >= 15 is 0 Å². The molecule has 0 aliphatic carbocycles. The molecular weight excluding hydrogens is 262 g/mol. The van der Waals surface area contributed by atoms with E-state index in [1.54, 1.807) is 6.92 Å². The van der Waals surface area contributed by atoms with Crippen molar-refractivity contribution >= 4 is 5.97 Å². The summed E-state index contributed by atoms with van der Waals surface area (Å²) in [5.74, 6) is 1.19. The van der Waals surface area contributed by atoms with Gasteiger partial charge in [-0.05, 0) is 19.1 Å². The standard InChI is InChI=1S/C13H13N3O4/c1-2-18-13(17)12-14-11(15-16-12)10-7-19-8-5-3-4-6-9(8)20-10/h3-6,10H,2,7H2,1H3,(H,14,15,16). The predicted octanol–water partition coefficient (Wildman–Crippen LogP) is 1.49. The molecule has 7 nitrogen and oxygen atoms in total. The molecule has 20 heavy (non-hydrogen) atoms. The fraction of sp³-hybridized carbons (Fsp3) is 0.308. The number of rotatable bonds is 3. The first-order valence-corrected chi connectivity index (χ1v) is 6.26. The van der Waals surface area contributed by atoms with Gasteiger partial charge in [0.15, 0.2) is 23.4 Å². The summed E-state index contributed by atoms with van der Waals surface area (Å²) in [6.45, 7) is 2.30. The summed E-state index contributed by atoms with van der Waals surface area (Å²) in [4.78, 5) is 15.6. The lowest BCUT2D eigenvalue weighted by atomic mass is 10.2. The molecule has 1 aromatic heterocycles. The number of benzene rings is 1. The Bertz CT molecular complexity index is 626. The summed E-state index contributed by atoms with van der Waals surface area (Å²) in [6, 6.07) is 7.37. The van der Waals surface area contributed by atoms with Crippen LogP contribution < -0.4 is 9.47 Å². The zero-order chi connectivity index (χ0) is 13.9. The van der Waals surface area contributed by atoms with E-state index in [4.69, 9.17) is 14.2 Å². The zero-order valence-electron chi connectivity index (χ0n) is 10.8. The predicted molar refractivity (Wildman–Crippen MR) is 67.6 cm³/mol. The molecule has 1 aromatic carbocycles. The van der Waals surface area contributed by atoms with Gasteiger partial charge in [0.25, 0.3) is 5.82 Å². The van der Waals surface area contributed by atoms with Gasteiger partial charge in [0.1, 0.15) is 6.61 Å². The Hall–Kier alpha value is -2.57. The van der Waals surface area contributed by atoms with Crippen LogP contribution in [0.2, 0.25) is 0 Å². The lowest BCUT2D eigenvalue weighted by molar-refractivity contribution is 0.0511. The Labute approximate surface area is 114 Å². The summed E-state index contributed by atoms with van der Waals surface area (Å²) in [5.41, 5.74) is 0. The Balaban J connectivity index is 1.77. The van der Waals surface area contributed by atoms with Crippen LogP contribution in [0.4, 0.5) is 0 Å². The van der Waals surface area contributed by atoms with Crippen molar-refractivity contribution in [2.75, 3.05) is 13.2 Å². The fourth-order valence-electron chi connectivity index (χ4n) is 1.86. The molecule has 1 unspecified atom stereocenters. The number of fused-ring (bicyclic) bond motifs is 1. The summed E-state index contributed by atoms with van der Waals surface area (Å²) < 4.78 is 16.2. The maximum Gasteiger partial charge on any atom is 0.378 e. The molecule has 1 N–H and O–H groups in total. The van der Waals surface area contributed by atoms with E-state index in [0.29, 0.717) is 23.9 Å². The van der Waals surface area contributed by atoms with Gasteiger partial charge in [-0.2, -0.15) is 0 Å². The number of nitrogens with zero attached hydrogens (tertiary/aromatic N) is 2. The van der Waals surface area contributed by atoms with Crippen molar-refractivity contribution in [3.8, 4) is 11.5 Å². The number of aromatic amines is 1. The Kier molecular flexibility index (Phi) is 3.24. The number of esters is 1. The number of hydrogen-bond acceptors (Lipinski definition) is 6. The van der Waals surface area contributed by atoms with Gasteiger partial charge < -0.3 is 14.2 Å². The van der Waals surface area contributed by atoms with E-state index < -0.39 is 12.1 Å². The largest absolute Gasteiger partial charge is 0.485 e. The number of carbonyl (C=O) groups is 1. The molecule has 0 bridgehead atoms. The first kappa shape index (κ1) is 12.5. The summed E-state index contributed by atoms with van der Waals surface area (Å²) in [6.07, 6.45) is -0.430. The van der Waals surface area contributed by atoms with Crippen molar-refractivity contribution in [1.82, 2.24) is 15.2 Å². The second-order valence-corrected chi connectivity index (χ2v) is 4.13. The van der Waals surface area contributed by atoms with Crippen molar-refractivity contribution in [3.63, 3.8) is 0 Å². The third-order valence-electron chi connectivity index (χ3n) is 2.77. The maximum absolute atomic E-state index is 11.5. The fourth-order valence-corrected chi connectivity index (χ4v) is 1.86. The monoisotopic (exact) mass is 275 g/mol. The Morgan fingerprint density at radius 2 is 2.25 bits per heavy atom. The minimum atomic E-state index is -0.563. The molecule has 0 fully saturated rings. The molecular formula is C13H13N3O4. The van der Waals surface area contributed by atoms with Gasteiger partial charge >= 0.3 is 5.97 Å². The number of carbonyl (C=O) groups excluding carboxylic acids is 1. The topological polar surface area (TPSA) is 86.3 Å². The highest BCUT2D eigenvalue weighted by atomic mass is 16.6. The van der Waals surface area contributed by atoms with Crippen LogP contribution in [0.3, 0.4) is 0 Å². The van der Waals surface area contributed by atoms with Crippen molar-refractivity contribution in [3.05, 3.63) is 35.9 Å². The van der Waals surface area contributed by atoms with Gasteiger partial charge in [-0.15, -0.1) is 5.10 Å². The number of ether oxygens (including phenoxy) is 3. The second-order valence-electron chi connectivity index (χ2n) is 4.13. The Morgan fingerprint density at radius 3 is 3.05 bits per heavy atom. The SMILES string of the molecule is CCOC(=O)c1n[nH]c(C2COc3ccccc3O2)n1. The molecule has 7 heteroatoms. The molecule has 0 saturated heterocycles. The molecule has 0 saturated carbocycles. The molecule has 3 rings (SSSR count). The Morgan fingerprint density at radius 1 is 1.45 bits per heavy atom. The summed E-state index contributed by atoms with van der Waals surface area (Å²) in [7, 11) is 0. The first-order chi connectivity index (χ1) is 9.78. The molecule has 0 spiro atoms. The van der Waals surface area contributed by atoms with Crippen molar-refractivity contribution < 1.29 is 19.0 Å². The quantitative estimate of drug-likeness (QED) is 0.854. The van der Waals surface area contributed by atoms with Gasteiger partial charge in [-0.1, -0.05) is 12.1 Å². The zero-order valence-corrected chi connectivity index (χ0v) is 10.8. The van der Waals surface area contributed by atoms with Gasteiger partial charge in [0.2, 0.25) is 0 Å². The number of para-hydroxylation sites is 2. The van der Waals surface area contributed by atoms with Crippen molar-refractivity contribution in [1.29, 1.82) is 0 Å². The van der Waals surface area contributed by atoms with E-state index in [9.17, 15) is 4.79 Å². The normalized spacial score (nSPS) is 16.8. The molecule has 0 amide bonds. The molecule has 1 aliphatic rings. The lowest BCUT2D eigenvalue weighted by Gasteiger charge is -2.24. The van der Waals surface area contributed by atoms with Crippen LogP contribution in [0.5, 0.6) is 11.5 Å². The molecule has 0 radical (unpaired) electrons. The van der Waals surface area contributed by atoms with Crippen molar-refractivity contribution in [2.45, 2.75) is 13.0 Å². The number of H-pyrrole nitrogens is 1. The smallest absolute Gasteiger partial charge is 0.378 e. The third-order valence-corrected chi connectivity index (χ3v) is 2.77. The number of hydrogen-bond donors (Lipinski definition) is 1. The molecule has 1 atom stereocenters. The highest BCUT2D eigenvalue weighted by Gasteiger charge is 2.26. The van der Waals surface area contributed by atoms with E-state index in [0.717, 1.165) is 0 Å². The van der Waals surface area contributed by atoms with Crippen molar-refractivity contribution in [2.24, 2.45) is 0 Å². The number of aromatic nitrogens is 3. The average Bonchev–Trinajstić information content (AvgIpc) is 2.97. The van der Waals surface area contributed by atoms with Crippen LogP contribution in [0.25, 0.3) is 0 Å². The highest BCUT2D eigenvalue weighted by Crippen LogP contribution is 2.34. The molecule has 1 aliphatic heterocycles. The van der Waals surface area contributed by atoms with Crippen LogP contribution in [-0.4, -0.2) is 34.4 Å². The van der Waals surface area contributed by atoms with Crippen LogP contribution in [0.15, 0.2) is 24.3 Å². The van der Waals surface area contributed by atoms with Gasteiger partial charge in [0, 0.05) is 0 Å². The minimum Gasteiger partial charge on any atom is -0.485 e. The average molecular weight is 275 g/mol. The molecule has 104 valence electrons. The van der Waals surface area contributed by atoms with E-state index in [1.807, 2.05) is 24.3 Å². The van der Waals surface area contributed by atoms with Gasteiger partial charge in [-0.25, -0.2) is 9.78 Å². The van der Waals surface area contributed by atoms with Gasteiger partial charge in [-0.3, -0.25) is 5.10 Å². The highest BCUT2D eigenvalue weighted by molar-refractivity contribution is 5.84. The maximum atomic E-state index is 11.5. The lowest BCUT2D eigenvalue weighted by Crippen LogP contribution is -2.22. The number of nitrogens with one attached hydrogen (secondary N) is 1. The van der Waals surface area contributed by atoms with Crippen LogP contribution >= 0.6 is 0 Å². The molecule has 2 aromatic rings. The van der Waals surface area contributed by atoms with E-state index in [-0.39, 0.29) is 12.4 Å². The van der Waals surface area contributed by atoms with Crippen LogP contribution in [0, 0.1) is 0 Å². The third kappa shape index (κ3) is 2.29.